The molecule has 70 valence electrons. The summed E-state index contributed by atoms with van der Waals surface area (Å²) >= 11 is 0. The lowest BCUT2D eigenvalue weighted by Gasteiger charge is -2.06. The number of nitrogens with zero attached hydrogens (tertiary/aromatic N) is 1. The van der Waals surface area contributed by atoms with Crippen LogP contribution in [0.2, 0.25) is 0 Å². The quantitative estimate of drug-likeness (QED) is 0.498. The summed E-state index contributed by atoms with van der Waals surface area (Å²) in [5, 5.41) is 3.97. The van der Waals surface area contributed by atoms with Crippen molar-refractivity contribution in [3.05, 3.63) is 0 Å². The molecule has 0 radical (unpaired) electrons. The summed E-state index contributed by atoms with van der Waals surface area (Å²) < 4.78 is 22.0. The van der Waals surface area contributed by atoms with Gasteiger partial charge in [-0.2, -0.15) is 5.10 Å². The van der Waals surface area contributed by atoms with E-state index in [0.29, 0.717) is 12.2 Å². The summed E-state index contributed by atoms with van der Waals surface area (Å²) in [4.78, 5) is 0. The van der Waals surface area contributed by atoms with Gasteiger partial charge < -0.3 is 5.43 Å². The first kappa shape index (κ1) is 9.51. The topological polar surface area (TPSA) is 58.5 Å². The van der Waals surface area contributed by atoms with Crippen LogP contribution in [-0.2, 0) is 9.84 Å². The molecule has 0 aliphatic carbocycles. The van der Waals surface area contributed by atoms with Crippen molar-refractivity contribution in [3.63, 3.8) is 0 Å². The van der Waals surface area contributed by atoms with Gasteiger partial charge in [0.1, 0.15) is 0 Å². The highest BCUT2D eigenvalue weighted by atomic mass is 32.2. The Balaban J connectivity index is 2.44. The lowest BCUT2D eigenvalue weighted by Crippen LogP contribution is -2.25. The van der Waals surface area contributed by atoms with Crippen molar-refractivity contribution in [2.45, 2.75) is 26.3 Å². The second kappa shape index (κ2) is 3.43. The molecule has 1 saturated heterocycles. The Morgan fingerprint density at radius 3 is 2.58 bits per heavy atom. The largest absolute Gasteiger partial charge is 0.306 e. The Bertz CT molecular complexity index is 278. The second-order valence-corrected chi connectivity index (χ2v) is 5.52. The van der Waals surface area contributed by atoms with Gasteiger partial charge in [-0.1, -0.05) is 0 Å². The smallest absolute Gasteiger partial charge is 0.152 e. The monoisotopic (exact) mass is 190 g/mol. The molecule has 0 spiro atoms. The van der Waals surface area contributed by atoms with Crippen LogP contribution in [-0.4, -0.2) is 31.7 Å². The Morgan fingerprint density at radius 1 is 1.50 bits per heavy atom. The molecule has 1 N–H and O–H groups in total. The van der Waals surface area contributed by atoms with Crippen LogP contribution in [0.1, 0.15) is 20.3 Å². The van der Waals surface area contributed by atoms with Crippen molar-refractivity contribution in [1.29, 1.82) is 0 Å². The van der Waals surface area contributed by atoms with Gasteiger partial charge >= 0.3 is 0 Å². The molecule has 0 bridgehead atoms. The molecule has 5 heteroatoms. The molecule has 1 atom stereocenters. The van der Waals surface area contributed by atoms with E-state index in [1.807, 2.05) is 13.8 Å². The van der Waals surface area contributed by atoms with E-state index in [4.69, 9.17) is 0 Å². The lowest BCUT2D eigenvalue weighted by atomic mass is 10.3. The van der Waals surface area contributed by atoms with E-state index in [1.54, 1.807) is 0 Å². The normalized spacial score (nSPS) is 26.7. The van der Waals surface area contributed by atoms with E-state index in [9.17, 15) is 8.42 Å². The lowest BCUT2D eigenvalue weighted by molar-refractivity contribution is 0.576. The zero-order valence-corrected chi connectivity index (χ0v) is 8.19. The van der Waals surface area contributed by atoms with E-state index in [2.05, 4.69) is 10.5 Å². The molecule has 12 heavy (non-hydrogen) atoms. The van der Waals surface area contributed by atoms with Crippen LogP contribution < -0.4 is 5.43 Å². The standard InChI is InChI=1S/C7H14N2O2S/c1-6(2)8-9-7-3-4-12(10,11)5-7/h7,9H,3-5H2,1-2H3/t7-/m0/s1. The van der Waals surface area contributed by atoms with Crippen molar-refractivity contribution < 1.29 is 8.42 Å². The SMILES string of the molecule is CC(C)=NN[C@H]1CCS(=O)(=O)C1. The molecule has 0 aromatic heterocycles. The number of rotatable bonds is 2. The Labute approximate surface area is 73.0 Å². The molecule has 1 fully saturated rings. The number of hydrogen-bond donors (Lipinski definition) is 1. The first-order valence-electron chi connectivity index (χ1n) is 3.96. The van der Waals surface area contributed by atoms with Gasteiger partial charge in [-0.3, -0.25) is 0 Å². The second-order valence-electron chi connectivity index (χ2n) is 3.29. The third-order valence-corrected chi connectivity index (χ3v) is 3.47. The molecule has 1 aliphatic rings. The fourth-order valence-corrected chi connectivity index (χ4v) is 2.78. The maximum atomic E-state index is 11.0. The third-order valence-electron chi connectivity index (χ3n) is 1.70. The van der Waals surface area contributed by atoms with Crippen LogP contribution in [0.3, 0.4) is 0 Å². The molecule has 0 unspecified atom stereocenters. The Kier molecular flexibility index (Phi) is 2.72. The summed E-state index contributed by atoms with van der Waals surface area (Å²) in [6.07, 6.45) is 0.680. The fraction of sp³-hybridized carbons (Fsp3) is 0.857. The van der Waals surface area contributed by atoms with Crippen molar-refractivity contribution in [3.8, 4) is 0 Å². The predicted octanol–water partition coefficient (Wildman–Crippen LogP) is 0.159. The minimum absolute atomic E-state index is 0.0184. The number of nitrogens with one attached hydrogen (secondary N) is 1. The molecule has 1 heterocycles. The minimum Gasteiger partial charge on any atom is -0.306 e. The zero-order valence-electron chi connectivity index (χ0n) is 7.37. The molecule has 1 rings (SSSR count). The highest BCUT2D eigenvalue weighted by molar-refractivity contribution is 7.91. The molecule has 0 amide bonds. The van der Waals surface area contributed by atoms with Gasteiger partial charge in [-0.05, 0) is 20.3 Å². The summed E-state index contributed by atoms with van der Waals surface area (Å²) in [7, 11) is -2.78. The average molecular weight is 190 g/mol. The van der Waals surface area contributed by atoms with Crippen LogP contribution in [0.4, 0.5) is 0 Å². The van der Waals surface area contributed by atoms with E-state index >= 15 is 0 Å². The van der Waals surface area contributed by atoms with Gasteiger partial charge in [0, 0.05) is 5.71 Å². The number of hydrogen-bond acceptors (Lipinski definition) is 4. The molecular weight excluding hydrogens is 176 g/mol. The molecule has 0 saturated carbocycles. The Morgan fingerprint density at radius 2 is 2.17 bits per heavy atom. The molecule has 4 nitrogen and oxygen atoms in total. The van der Waals surface area contributed by atoms with E-state index in [1.165, 1.54) is 0 Å². The highest BCUT2D eigenvalue weighted by Gasteiger charge is 2.27. The van der Waals surface area contributed by atoms with Gasteiger partial charge in [0.25, 0.3) is 0 Å². The maximum absolute atomic E-state index is 11.0. The summed E-state index contributed by atoms with van der Waals surface area (Å²) in [5.74, 6) is 0.521. The van der Waals surface area contributed by atoms with Gasteiger partial charge in [-0.15, -0.1) is 0 Å². The van der Waals surface area contributed by atoms with Crippen LogP contribution in [0.5, 0.6) is 0 Å². The van der Waals surface area contributed by atoms with Crippen molar-refractivity contribution in [1.82, 2.24) is 5.43 Å². The van der Waals surface area contributed by atoms with Gasteiger partial charge in [0.05, 0.1) is 17.5 Å². The molecule has 0 aromatic rings. The molecular formula is C7H14N2O2S. The maximum Gasteiger partial charge on any atom is 0.152 e. The predicted molar refractivity (Wildman–Crippen MR) is 49.0 cm³/mol. The van der Waals surface area contributed by atoms with Gasteiger partial charge in [-0.25, -0.2) is 8.42 Å². The van der Waals surface area contributed by atoms with Crippen LogP contribution in [0.25, 0.3) is 0 Å². The minimum atomic E-state index is -2.78. The van der Waals surface area contributed by atoms with Gasteiger partial charge in [0.2, 0.25) is 0 Å². The molecule has 1 aliphatic heterocycles. The summed E-state index contributed by atoms with van der Waals surface area (Å²) in [6.45, 7) is 3.74. The highest BCUT2D eigenvalue weighted by Crippen LogP contribution is 2.10. The fourth-order valence-electron chi connectivity index (χ4n) is 1.12. The van der Waals surface area contributed by atoms with Crippen molar-refractivity contribution in [2.75, 3.05) is 11.5 Å². The van der Waals surface area contributed by atoms with Crippen molar-refractivity contribution >= 4 is 15.5 Å². The zero-order chi connectivity index (χ0) is 9.19. The summed E-state index contributed by atoms with van der Waals surface area (Å²) in [6, 6.07) is 0.0184. The third kappa shape index (κ3) is 2.81. The van der Waals surface area contributed by atoms with Gasteiger partial charge in [0.15, 0.2) is 9.84 Å². The first-order valence-corrected chi connectivity index (χ1v) is 5.78. The van der Waals surface area contributed by atoms with E-state index in [0.717, 1.165) is 5.71 Å². The van der Waals surface area contributed by atoms with Crippen LogP contribution in [0.15, 0.2) is 5.10 Å². The Hall–Kier alpha value is -0.580. The van der Waals surface area contributed by atoms with Crippen molar-refractivity contribution in [2.24, 2.45) is 5.10 Å². The van der Waals surface area contributed by atoms with Crippen LogP contribution in [0, 0.1) is 0 Å². The van der Waals surface area contributed by atoms with Crippen LogP contribution >= 0.6 is 0 Å². The van der Waals surface area contributed by atoms with E-state index < -0.39 is 9.84 Å². The first-order chi connectivity index (χ1) is 5.49. The summed E-state index contributed by atoms with van der Waals surface area (Å²) in [5.41, 5.74) is 3.76. The van der Waals surface area contributed by atoms with E-state index in [-0.39, 0.29) is 11.8 Å². The number of hydrazone groups is 1. The number of sulfone groups is 1. The molecule has 0 aromatic carbocycles. The average Bonchev–Trinajstić information content (AvgIpc) is 2.26.